The highest BCUT2D eigenvalue weighted by Crippen LogP contribution is 2.23. The molecule has 0 radical (unpaired) electrons. The van der Waals surface area contributed by atoms with E-state index in [1.807, 2.05) is 6.08 Å². The number of carboxylic acids is 1. The first-order valence-electron chi connectivity index (χ1n) is 5.66. The second kappa shape index (κ2) is 5.31. The van der Waals surface area contributed by atoms with Crippen molar-refractivity contribution in [3.63, 3.8) is 0 Å². The van der Waals surface area contributed by atoms with Crippen LogP contribution in [0.2, 0.25) is 0 Å². The molecule has 1 unspecified atom stereocenters. The fourth-order valence-electron chi connectivity index (χ4n) is 2.18. The minimum absolute atomic E-state index is 0.449. The molecule has 0 aromatic carbocycles. The molecule has 1 aliphatic rings. The number of rotatable bonds is 4. The minimum Gasteiger partial charge on any atom is -0.478 e. The number of aliphatic carboxylic acids is 1. The Labute approximate surface area is 91.8 Å². The average Bonchev–Trinajstić information content (AvgIpc) is 2.61. The maximum absolute atomic E-state index is 10.6. The Morgan fingerprint density at radius 2 is 2.27 bits per heavy atom. The van der Waals surface area contributed by atoms with Gasteiger partial charge in [0, 0.05) is 18.2 Å². The minimum atomic E-state index is -0.810. The quantitative estimate of drug-likeness (QED) is 0.724. The van der Waals surface area contributed by atoms with Crippen LogP contribution in [0.15, 0.2) is 11.6 Å². The average molecular weight is 211 g/mol. The fourth-order valence-corrected chi connectivity index (χ4v) is 2.18. The molecule has 0 aromatic rings. The zero-order chi connectivity index (χ0) is 11.4. The van der Waals surface area contributed by atoms with E-state index in [4.69, 9.17) is 5.11 Å². The van der Waals surface area contributed by atoms with Crippen LogP contribution < -0.4 is 0 Å². The van der Waals surface area contributed by atoms with Crippen LogP contribution in [0.25, 0.3) is 0 Å². The Kier molecular flexibility index (Phi) is 4.33. The monoisotopic (exact) mass is 211 g/mol. The van der Waals surface area contributed by atoms with Crippen LogP contribution in [-0.4, -0.2) is 35.1 Å². The third kappa shape index (κ3) is 3.34. The third-order valence-electron chi connectivity index (χ3n) is 3.15. The Hall–Kier alpha value is -0.830. The molecule has 0 saturated carbocycles. The highest BCUT2D eigenvalue weighted by molar-refractivity contribution is 5.85. The van der Waals surface area contributed by atoms with Crippen LogP contribution in [-0.2, 0) is 4.79 Å². The number of hydrogen-bond acceptors (Lipinski definition) is 2. The van der Waals surface area contributed by atoms with E-state index in [2.05, 4.69) is 18.7 Å². The van der Waals surface area contributed by atoms with E-state index in [-0.39, 0.29) is 0 Å². The second-order valence-electron chi connectivity index (χ2n) is 4.64. The van der Waals surface area contributed by atoms with Gasteiger partial charge in [-0.1, -0.05) is 19.9 Å². The molecule has 1 aliphatic heterocycles. The Morgan fingerprint density at radius 3 is 2.80 bits per heavy atom. The number of nitrogens with zero attached hydrogens (tertiary/aromatic N) is 1. The van der Waals surface area contributed by atoms with Crippen molar-refractivity contribution in [3.8, 4) is 0 Å². The summed E-state index contributed by atoms with van der Waals surface area (Å²) in [6.45, 7) is 8.00. The standard InChI is InChI=1S/C12H21NO2/c1-9(2)11-5-4-7-13(11)8-6-10(3)12(14)15/h6,9,11H,4-5,7-8H2,1-3H3,(H,14,15). The molecule has 1 rings (SSSR count). The highest BCUT2D eigenvalue weighted by Gasteiger charge is 2.25. The SMILES string of the molecule is CC(=CCN1CCCC1C(C)C)C(=O)O. The molecule has 3 nitrogen and oxygen atoms in total. The molecule has 15 heavy (non-hydrogen) atoms. The van der Waals surface area contributed by atoms with E-state index in [1.54, 1.807) is 6.92 Å². The first-order chi connectivity index (χ1) is 7.02. The molecule has 1 heterocycles. The normalized spacial score (nSPS) is 23.7. The summed E-state index contributed by atoms with van der Waals surface area (Å²) in [6, 6.07) is 0.628. The largest absolute Gasteiger partial charge is 0.478 e. The van der Waals surface area contributed by atoms with Gasteiger partial charge < -0.3 is 5.11 Å². The van der Waals surface area contributed by atoms with Gasteiger partial charge in [0.2, 0.25) is 0 Å². The summed E-state index contributed by atoms with van der Waals surface area (Å²) in [4.78, 5) is 13.0. The third-order valence-corrected chi connectivity index (χ3v) is 3.15. The molecule has 1 fully saturated rings. The van der Waals surface area contributed by atoms with Gasteiger partial charge in [-0.2, -0.15) is 0 Å². The van der Waals surface area contributed by atoms with E-state index in [0.29, 0.717) is 17.5 Å². The number of hydrogen-bond donors (Lipinski definition) is 1. The molecule has 1 saturated heterocycles. The molecular weight excluding hydrogens is 190 g/mol. The van der Waals surface area contributed by atoms with Crippen LogP contribution >= 0.6 is 0 Å². The van der Waals surface area contributed by atoms with E-state index in [0.717, 1.165) is 13.1 Å². The lowest BCUT2D eigenvalue weighted by Crippen LogP contribution is -2.33. The van der Waals surface area contributed by atoms with E-state index >= 15 is 0 Å². The first-order valence-corrected chi connectivity index (χ1v) is 5.66. The molecule has 0 aliphatic carbocycles. The van der Waals surface area contributed by atoms with Crippen LogP contribution in [0, 0.1) is 5.92 Å². The lowest BCUT2D eigenvalue weighted by molar-refractivity contribution is -0.132. The van der Waals surface area contributed by atoms with Gasteiger partial charge >= 0.3 is 5.97 Å². The van der Waals surface area contributed by atoms with Crippen LogP contribution in [0.1, 0.15) is 33.6 Å². The van der Waals surface area contributed by atoms with Crippen LogP contribution in [0.5, 0.6) is 0 Å². The van der Waals surface area contributed by atoms with E-state index in [9.17, 15) is 4.79 Å². The second-order valence-corrected chi connectivity index (χ2v) is 4.64. The Balaban J connectivity index is 2.51. The molecule has 0 amide bonds. The molecule has 0 aromatic heterocycles. The summed E-state index contributed by atoms with van der Waals surface area (Å²) in [5.74, 6) is -0.152. The molecular formula is C12H21NO2. The van der Waals surface area contributed by atoms with Crippen molar-refractivity contribution in [2.24, 2.45) is 5.92 Å². The summed E-state index contributed by atoms with van der Waals surface area (Å²) in [5, 5.41) is 8.74. The van der Waals surface area contributed by atoms with Crippen molar-refractivity contribution in [1.82, 2.24) is 4.90 Å². The molecule has 1 atom stereocenters. The van der Waals surface area contributed by atoms with E-state index < -0.39 is 5.97 Å². The van der Waals surface area contributed by atoms with Crippen LogP contribution in [0.3, 0.4) is 0 Å². The summed E-state index contributed by atoms with van der Waals surface area (Å²) in [5.41, 5.74) is 0.449. The summed E-state index contributed by atoms with van der Waals surface area (Å²) < 4.78 is 0. The topological polar surface area (TPSA) is 40.5 Å². The fraction of sp³-hybridized carbons (Fsp3) is 0.750. The first kappa shape index (κ1) is 12.2. The zero-order valence-corrected chi connectivity index (χ0v) is 9.86. The number of carboxylic acid groups (broad SMARTS) is 1. The predicted molar refractivity (Wildman–Crippen MR) is 60.8 cm³/mol. The Bertz CT molecular complexity index is 258. The molecule has 0 bridgehead atoms. The number of likely N-dealkylation sites (tertiary alicyclic amines) is 1. The van der Waals surface area contributed by atoms with Gasteiger partial charge in [-0.05, 0) is 32.2 Å². The maximum atomic E-state index is 10.6. The van der Waals surface area contributed by atoms with Gasteiger partial charge in [-0.15, -0.1) is 0 Å². The summed E-state index contributed by atoms with van der Waals surface area (Å²) >= 11 is 0. The van der Waals surface area contributed by atoms with Gasteiger partial charge in [0.05, 0.1) is 0 Å². The zero-order valence-electron chi connectivity index (χ0n) is 9.86. The van der Waals surface area contributed by atoms with Crippen molar-refractivity contribution in [2.75, 3.05) is 13.1 Å². The predicted octanol–water partition coefficient (Wildman–Crippen LogP) is 2.14. The van der Waals surface area contributed by atoms with E-state index in [1.165, 1.54) is 12.8 Å². The Morgan fingerprint density at radius 1 is 1.60 bits per heavy atom. The smallest absolute Gasteiger partial charge is 0.330 e. The van der Waals surface area contributed by atoms with Crippen molar-refractivity contribution in [1.29, 1.82) is 0 Å². The van der Waals surface area contributed by atoms with Gasteiger partial charge in [0.25, 0.3) is 0 Å². The summed E-state index contributed by atoms with van der Waals surface area (Å²) in [7, 11) is 0. The van der Waals surface area contributed by atoms with Gasteiger partial charge in [0.15, 0.2) is 0 Å². The van der Waals surface area contributed by atoms with Crippen molar-refractivity contribution < 1.29 is 9.90 Å². The number of carbonyl (C=O) groups is 1. The van der Waals surface area contributed by atoms with Crippen molar-refractivity contribution in [3.05, 3.63) is 11.6 Å². The van der Waals surface area contributed by atoms with Gasteiger partial charge in [-0.3, -0.25) is 4.90 Å². The van der Waals surface area contributed by atoms with Gasteiger partial charge in [-0.25, -0.2) is 4.79 Å². The van der Waals surface area contributed by atoms with Gasteiger partial charge in [0.1, 0.15) is 0 Å². The summed E-state index contributed by atoms with van der Waals surface area (Å²) in [6.07, 6.45) is 4.31. The molecule has 0 spiro atoms. The lowest BCUT2D eigenvalue weighted by Gasteiger charge is -2.26. The molecule has 86 valence electrons. The van der Waals surface area contributed by atoms with Crippen molar-refractivity contribution >= 4 is 5.97 Å². The maximum Gasteiger partial charge on any atom is 0.330 e. The van der Waals surface area contributed by atoms with Crippen LogP contribution in [0.4, 0.5) is 0 Å². The molecule has 1 N–H and O–H groups in total. The van der Waals surface area contributed by atoms with Crippen molar-refractivity contribution in [2.45, 2.75) is 39.7 Å². The molecule has 3 heteroatoms. The lowest BCUT2D eigenvalue weighted by atomic mass is 10.0. The highest BCUT2D eigenvalue weighted by atomic mass is 16.4.